The molecule has 1 atom stereocenters. The zero-order chi connectivity index (χ0) is 14.5. The number of amides is 1. The van der Waals surface area contributed by atoms with Gasteiger partial charge < -0.3 is 5.32 Å². The molecule has 1 aromatic carbocycles. The first-order chi connectivity index (χ1) is 9.61. The van der Waals surface area contributed by atoms with Crippen molar-refractivity contribution in [2.24, 2.45) is 0 Å². The summed E-state index contributed by atoms with van der Waals surface area (Å²) >= 11 is 1.48. The van der Waals surface area contributed by atoms with Crippen molar-refractivity contribution in [1.82, 2.24) is 15.3 Å². The number of carbonyl (C=O) groups is 1. The van der Waals surface area contributed by atoms with Crippen molar-refractivity contribution in [3.63, 3.8) is 0 Å². The van der Waals surface area contributed by atoms with E-state index in [2.05, 4.69) is 15.3 Å². The maximum Gasteiger partial charge on any atom is 0.233 e. The van der Waals surface area contributed by atoms with Crippen molar-refractivity contribution in [3.05, 3.63) is 30.1 Å². The molecule has 0 fully saturated rings. The molecule has 5 heteroatoms. The highest BCUT2D eigenvalue weighted by Gasteiger charge is 2.16. The zero-order valence-electron chi connectivity index (χ0n) is 12.0. The number of hydrogen-bond donors (Lipinski definition) is 1. The van der Waals surface area contributed by atoms with Gasteiger partial charge in [-0.25, -0.2) is 9.97 Å². The van der Waals surface area contributed by atoms with Crippen molar-refractivity contribution in [3.8, 4) is 0 Å². The summed E-state index contributed by atoms with van der Waals surface area (Å²) in [6, 6.07) is 7.89. The Hall–Kier alpha value is -1.62. The van der Waals surface area contributed by atoms with Crippen molar-refractivity contribution in [2.45, 2.75) is 37.5 Å². The molecule has 1 heterocycles. The fourth-order valence-electron chi connectivity index (χ4n) is 1.86. The summed E-state index contributed by atoms with van der Waals surface area (Å²) in [6.07, 6.45) is 0.943. The SMILES string of the molecule is CCCNC(=O)C(C)Sc1nc(C)nc2ccccc12. The summed E-state index contributed by atoms with van der Waals surface area (Å²) in [5.41, 5.74) is 0.920. The second-order valence-electron chi connectivity index (χ2n) is 4.64. The lowest BCUT2D eigenvalue weighted by atomic mass is 10.2. The van der Waals surface area contributed by atoms with Crippen LogP contribution >= 0.6 is 11.8 Å². The van der Waals surface area contributed by atoms with E-state index >= 15 is 0 Å². The summed E-state index contributed by atoms with van der Waals surface area (Å²) in [4.78, 5) is 20.8. The van der Waals surface area contributed by atoms with E-state index in [1.165, 1.54) is 11.8 Å². The molecule has 106 valence electrons. The van der Waals surface area contributed by atoms with Crippen LogP contribution in [0.5, 0.6) is 0 Å². The van der Waals surface area contributed by atoms with Crippen molar-refractivity contribution in [1.29, 1.82) is 0 Å². The highest BCUT2D eigenvalue weighted by Crippen LogP contribution is 2.28. The van der Waals surface area contributed by atoms with Crippen LogP contribution in [0.3, 0.4) is 0 Å². The van der Waals surface area contributed by atoms with Crippen LogP contribution in [-0.4, -0.2) is 27.7 Å². The maximum absolute atomic E-state index is 12.0. The van der Waals surface area contributed by atoms with Crippen LogP contribution in [0.25, 0.3) is 10.9 Å². The molecule has 0 aliphatic heterocycles. The molecule has 1 amide bonds. The Bertz CT molecular complexity index is 615. The summed E-state index contributed by atoms with van der Waals surface area (Å²) in [7, 11) is 0. The smallest absolute Gasteiger partial charge is 0.233 e. The topological polar surface area (TPSA) is 54.9 Å². The Morgan fingerprint density at radius 2 is 2.10 bits per heavy atom. The first-order valence-electron chi connectivity index (χ1n) is 6.79. The van der Waals surface area contributed by atoms with Gasteiger partial charge in [-0.2, -0.15) is 0 Å². The second kappa shape index (κ2) is 6.70. The average Bonchev–Trinajstić information content (AvgIpc) is 2.44. The molecule has 0 saturated carbocycles. The molecule has 1 aromatic heterocycles. The Morgan fingerprint density at radius 3 is 2.85 bits per heavy atom. The standard InChI is InChI=1S/C15H19N3OS/c1-4-9-16-14(19)10(2)20-15-12-7-5-6-8-13(12)17-11(3)18-15/h5-8,10H,4,9H2,1-3H3,(H,16,19). The summed E-state index contributed by atoms with van der Waals surface area (Å²) < 4.78 is 0. The fourth-order valence-corrected chi connectivity index (χ4v) is 2.87. The summed E-state index contributed by atoms with van der Waals surface area (Å²) in [5, 5.41) is 4.61. The van der Waals surface area contributed by atoms with Crippen LogP contribution in [0, 0.1) is 6.92 Å². The normalized spacial score (nSPS) is 12.3. The zero-order valence-corrected chi connectivity index (χ0v) is 12.8. The van der Waals surface area contributed by atoms with Gasteiger partial charge in [0.1, 0.15) is 10.9 Å². The van der Waals surface area contributed by atoms with Crippen molar-refractivity contribution < 1.29 is 4.79 Å². The van der Waals surface area contributed by atoms with Crippen LogP contribution in [0.4, 0.5) is 0 Å². The van der Waals surface area contributed by atoms with Crippen LogP contribution in [0.1, 0.15) is 26.1 Å². The average molecular weight is 289 g/mol. The molecule has 1 unspecified atom stereocenters. The summed E-state index contributed by atoms with van der Waals surface area (Å²) in [6.45, 7) is 6.53. The lowest BCUT2D eigenvalue weighted by Crippen LogP contribution is -2.31. The molecule has 1 N–H and O–H groups in total. The van der Waals surface area contributed by atoms with E-state index in [0.717, 1.165) is 28.2 Å². The van der Waals surface area contributed by atoms with Gasteiger partial charge in [0.05, 0.1) is 10.8 Å². The number of carbonyl (C=O) groups excluding carboxylic acids is 1. The maximum atomic E-state index is 12.0. The molecule has 2 aromatic rings. The Balaban J connectivity index is 2.22. The number of hydrogen-bond acceptors (Lipinski definition) is 4. The third-order valence-corrected chi connectivity index (χ3v) is 3.99. The molecule has 2 rings (SSSR count). The van der Waals surface area contributed by atoms with E-state index in [4.69, 9.17) is 0 Å². The number of benzene rings is 1. The molecule has 0 bridgehead atoms. The van der Waals surface area contributed by atoms with Gasteiger partial charge >= 0.3 is 0 Å². The largest absolute Gasteiger partial charge is 0.355 e. The Kier molecular flexibility index (Phi) is 4.95. The highest BCUT2D eigenvalue weighted by atomic mass is 32.2. The number of rotatable bonds is 5. The van der Waals surface area contributed by atoms with E-state index in [1.54, 1.807) is 0 Å². The number of para-hydroxylation sites is 1. The van der Waals surface area contributed by atoms with Crippen molar-refractivity contribution in [2.75, 3.05) is 6.54 Å². The molecular formula is C15H19N3OS. The lowest BCUT2D eigenvalue weighted by molar-refractivity contribution is -0.120. The molecule has 4 nitrogen and oxygen atoms in total. The van der Waals surface area contributed by atoms with E-state index in [9.17, 15) is 4.79 Å². The summed E-state index contributed by atoms with van der Waals surface area (Å²) in [5.74, 6) is 0.782. The molecule has 0 spiro atoms. The van der Waals surface area contributed by atoms with Gasteiger partial charge in [-0.05, 0) is 26.3 Å². The quantitative estimate of drug-likeness (QED) is 0.679. The minimum absolute atomic E-state index is 0.0530. The molecule has 0 radical (unpaired) electrons. The predicted molar refractivity (Wildman–Crippen MR) is 82.9 cm³/mol. The molecule has 20 heavy (non-hydrogen) atoms. The third-order valence-electron chi connectivity index (χ3n) is 2.89. The van der Waals surface area contributed by atoms with Gasteiger partial charge in [0.15, 0.2) is 0 Å². The second-order valence-corrected chi connectivity index (χ2v) is 5.97. The van der Waals surface area contributed by atoms with E-state index in [0.29, 0.717) is 6.54 Å². The first-order valence-corrected chi connectivity index (χ1v) is 7.67. The van der Waals surface area contributed by atoms with E-state index in [-0.39, 0.29) is 11.2 Å². The lowest BCUT2D eigenvalue weighted by Gasteiger charge is -2.12. The predicted octanol–water partition coefficient (Wildman–Crippen LogP) is 2.95. The van der Waals surface area contributed by atoms with E-state index in [1.807, 2.05) is 45.0 Å². The molecular weight excluding hydrogens is 270 g/mol. The first kappa shape index (κ1) is 14.8. The van der Waals surface area contributed by atoms with E-state index < -0.39 is 0 Å². The number of aryl methyl sites for hydroxylation is 1. The molecule has 0 aliphatic rings. The number of fused-ring (bicyclic) bond motifs is 1. The number of nitrogens with zero attached hydrogens (tertiary/aromatic N) is 2. The van der Waals surface area contributed by atoms with Gasteiger partial charge in [0, 0.05) is 11.9 Å². The molecule has 0 aliphatic carbocycles. The Morgan fingerprint density at radius 1 is 1.35 bits per heavy atom. The van der Waals surface area contributed by atoms with Gasteiger partial charge in [-0.1, -0.05) is 36.9 Å². The third kappa shape index (κ3) is 3.48. The minimum atomic E-state index is -0.167. The highest BCUT2D eigenvalue weighted by molar-refractivity contribution is 8.00. The molecule has 0 saturated heterocycles. The van der Waals surface area contributed by atoms with Gasteiger partial charge in [0.25, 0.3) is 0 Å². The number of aromatic nitrogens is 2. The van der Waals surface area contributed by atoms with Gasteiger partial charge in [0.2, 0.25) is 5.91 Å². The van der Waals surface area contributed by atoms with Crippen LogP contribution < -0.4 is 5.32 Å². The number of thioether (sulfide) groups is 1. The van der Waals surface area contributed by atoms with Gasteiger partial charge in [-0.3, -0.25) is 4.79 Å². The monoisotopic (exact) mass is 289 g/mol. The van der Waals surface area contributed by atoms with Crippen LogP contribution in [0.2, 0.25) is 0 Å². The van der Waals surface area contributed by atoms with Crippen LogP contribution in [0.15, 0.2) is 29.3 Å². The van der Waals surface area contributed by atoms with Crippen LogP contribution in [-0.2, 0) is 4.79 Å². The fraction of sp³-hybridized carbons (Fsp3) is 0.400. The minimum Gasteiger partial charge on any atom is -0.355 e. The Labute approximate surface area is 123 Å². The van der Waals surface area contributed by atoms with Gasteiger partial charge in [-0.15, -0.1) is 0 Å². The van der Waals surface area contributed by atoms with Crippen molar-refractivity contribution >= 4 is 28.6 Å². The number of nitrogens with one attached hydrogen (secondary N) is 1.